The first-order chi connectivity index (χ1) is 9.72. The average Bonchev–Trinajstić information content (AvgIpc) is 2.41. The second-order valence-electron chi connectivity index (χ2n) is 5.06. The number of carboxylic acids is 1. The van der Waals surface area contributed by atoms with Crippen molar-refractivity contribution in [1.29, 1.82) is 0 Å². The van der Waals surface area contributed by atoms with E-state index in [1.165, 1.54) is 0 Å². The van der Waals surface area contributed by atoms with Crippen LogP contribution < -0.4 is 16.4 Å². The number of aliphatic hydroxyl groups is 1. The van der Waals surface area contributed by atoms with Crippen molar-refractivity contribution in [2.45, 2.75) is 38.4 Å². The minimum atomic E-state index is -1.41. The van der Waals surface area contributed by atoms with Gasteiger partial charge in [-0.25, -0.2) is 4.79 Å². The molecule has 0 aromatic heterocycles. The van der Waals surface area contributed by atoms with Crippen molar-refractivity contribution < 1.29 is 24.6 Å². The number of carbonyl (C=O) groups excluding carboxylic acids is 2. The van der Waals surface area contributed by atoms with Gasteiger partial charge < -0.3 is 26.6 Å². The Hall–Kier alpha value is -1.32. The molecule has 0 fully saturated rings. The molecule has 3 atom stereocenters. The summed E-state index contributed by atoms with van der Waals surface area (Å²) in [4.78, 5) is 34.6. The van der Waals surface area contributed by atoms with Gasteiger partial charge in [0.15, 0.2) is 0 Å². The van der Waals surface area contributed by atoms with Crippen LogP contribution >= 0.6 is 12.6 Å². The van der Waals surface area contributed by atoms with Crippen molar-refractivity contribution in [2.24, 2.45) is 11.7 Å². The Balaban J connectivity index is 4.84. The van der Waals surface area contributed by atoms with Gasteiger partial charge in [-0.15, -0.1) is 0 Å². The maximum Gasteiger partial charge on any atom is 0.328 e. The van der Waals surface area contributed by atoms with Crippen molar-refractivity contribution >= 4 is 30.4 Å². The lowest BCUT2D eigenvalue weighted by atomic mass is 10.0. The summed E-state index contributed by atoms with van der Waals surface area (Å²) in [7, 11) is 0. The largest absolute Gasteiger partial charge is 0.480 e. The number of nitrogens with two attached hydrogens (primary N) is 1. The van der Waals surface area contributed by atoms with E-state index in [1.54, 1.807) is 0 Å². The Bertz CT molecular complexity index is 378. The molecule has 8 nitrogen and oxygen atoms in total. The number of aliphatic carboxylic acids is 1. The number of amides is 2. The molecular formula is C12H23N3O5S. The molecule has 0 saturated carbocycles. The van der Waals surface area contributed by atoms with Crippen LogP contribution in [0, 0.1) is 5.92 Å². The fourth-order valence-electron chi connectivity index (χ4n) is 1.52. The summed E-state index contributed by atoms with van der Waals surface area (Å²) < 4.78 is 0. The SMILES string of the molecule is CC(C)C[C@H](NC(=O)[C@@H](N)CS)C(=O)N[C@@H](CO)C(=O)O. The molecule has 21 heavy (non-hydrogen) atoms. The monoisotopic (exact) mass is 321 g/mol. The molecule has 0 bridgehead atoms. The summed E-state index contributed by atoms with van der Waals surface area (Å²) in [6.07, 6.45) is 0.314. The predicted octanol–water partition coefficient (Wildman–Crippen LogP) is -1.66. The van der Waals surface area contributed by atoms with Crippen molar-refractivity contribution in [3.05, 3.63) is 0 Å². The first-order valence-corrected chi connectivity index (χ1v) is 7.17. The van der Waals surface area contributed by atoms with Crippen LogP contribution in [-0.4, -0.2) is 58.5 Å². The lowest BCUT2D eigenvalue weighted by Crippen LogP contribution is -2.55. The van der Waals surface area contributed by atoms with Crippen molar-refractivity contribution in [3.8, 4) is 0 Å². The molecule has 122 valence electrons. The van der Waals surface area contributed by atoms with Crippen LogP contribution in [-0.2, 0) is 14.4 Å². The zero-order valence-electron chi connectivity index (χ0n) is 12.1. The topological polar surface area (TPSA) is 142 Å². The van der Waals surface area contributed by atoms with Gasteiger partial charge >= 0.3 is 5.97 Å². The number of carboxylic acid groups (broad SMARTS) is 1. The molecule has 0 aliphatic heterocycles. The Kier molecular flexibility index (Phi) is 8.98. The molecule has 0 heterocycles. The first-order valence-electron chi connectivity index (χ1n) is 6.53. The van der Waals surface area contributed by atoms with Gasteiger partial charge in [-0.2, -0.15) is 12.6 Å². The van der Waals surface area contributed by atoms with Gasteiger partial charge in [0.25, 0.3) is 0 Å². The summed E-state index contributed by atoms with van der Waals surface area (Å²) in [6.45, 7) is 2.97. The number of hydrogen-bond donors (Lipinski definition) is 6. The zero-order valence-corrected chi connectivity index (χ0v) is 13.0. The van der Waals surface area contributed by atoms with Crippen LogP contribution in [0.15, 0.2) is 0 Å². The molecule has 0 spiro atoms. The third-order valence-electron chi connectivity index (χ3n) is 2.67. The van der Waals surface area contributed by atoms with E-state index in [0.717, 1.165) is 0 Å². The zero-order chi connectivity index (χ0) is 16.6. The molecule has 9 heteroatoms. The van der Waals surface area contributed by atoms with Crippen molar-refractivity contribution in [1.82, 2.24) is 10.6 Å². The number of thiol groups is 1. The van der Waals surface area contributed by atoms with Gasteiger partial charge in [-0.05, 0) is 12.3 Å². The number of hydrogen-bond acceptors (Lipinski definition) is 6. The van der Waals surface area contributed by atoms with Crippen molar-refractivity contribution in [2.75, 3.05) is 12.4 Å². The summed E-state index contributed by atoms with van der Waals surface area (Å²) in [6, 6.07) is -3.19. The van der Waals surface area contributed by atoms with E-state index in [-0.39, 0.29) is 11.7 Å². The maximum absolute atomic E-state index is 12.0. The number of nitrogens with one attached hydrogen (secondary N) is 2. The molecule has 0 aliphatic carbocycles. The number of rotatable bonds is 9. The molecule has 0 saturated heterocycles. The average molecular weight is 321 g/mol. The molecule has 6 N–H and O–H groups in total. The third-order valence-corrected chi connectivity index (χ3v) is 3.06. The predicted molar refractivity (Wildman–Crippen MR) is 79.9 cm³/mol. The minimum absolute atomic E-state index is 0.0886. The van der Waals surface area contributed by atoms with Crippen LogP contribution in [0.5, 0.6) is 0 Å². The highest BCUT2D eigenvalue weighted by atomic mass is 32.1. The summed E-state index contributed by atoms with van der Waals surface area (Å²) in [5, 5.41) is 22.3. The molecule has 0 aromatic rings. The highest BCUT2D eigenvalue weighted by Crippen LogP contribution is 2.06. The number of aliphatic hydroxyl groups excluding tert-OH is 1. The lowest BCUT2D eigenvalue weighted by Gasteiger charge is -2.23. The van der Waals surface area contributed by atoms with Gasteiger partial charge in [0.2, 0.25) is 11.8 Å². The smallest absolute Gasteiger partial charge is 0.328 e. The van der Waals surface area contributed by atoms with E-state index in [9.17, 15) is 14.4 Å². The molecule has 0 rings (SSSR count). The van der Waals surface area contributed by atoms with E-state index in [4.69, 9.17) is 15.9 Å². The Labute approximate surface area is 128 Å². The first kappa shape index (κ1) is 19.7. The van der Waals surface area contributed by atoms with Crippen LogP contribution in [0.2, 0.25) is 0 Å². The molecular weight excluding hydrogens is 298 g/mol. The highest BCUT2D eigenvalue weighted by molar-refractivity contribution is 7.80. The van der Waals surface area contributed by atoms with Gasteiger partial charge in [-0.3, -0.25) is 9.59 Å². The van der Waals surface area contributed by atoms with E-state index in [0.29, 0.717) is 6.42 Å². The molecule has 0 aromatic carbocycles. The van der Waals surface area contributed by atoms with Crippen LogP contribution in [0.1, 0.15) is 20.3 Å². The summed E-state index contributed by atoms with van der Waals surface area (Å²) in [5.74, 6) is -2.36. The van der Waals surface area contributed by atoms with Crippen LogP contribution in [0.3, 0.4) is 0 Å². The summed E-state index contributed by atoms with van der Waals surface area (Å²) >= 11 is 3.90. The van der Waals surface area contributed by atoms with Gasteiger partial charge in [-0.1, -0.05) is 13.8 Å². The molecule has 0 aliphatic rings. The fourth-order valence-corrected chi connectivity index (χ4v) is 1.69. The normalized spacial score (nSPS) is 15.1. The fraction of sp³-hybridized carbons (Fsp3) is 0.750. The highest BCUT2D eigenvalue weighted by Gasteiger charge is 2.27. The Morgan fingerprint density at radius 2 is 1.67 bits per heavy atom. The molecule has 0 radical (unpaired) electrons. The third kappa shape index (κ3) is 7.30. The minimum Gasteiger partial charge on any atom is -0.480 e. The number of carbonyl (C=O) groups is 3. The van der Waals surface area contributed by atoms with Gasteiger partial charge in [0.05, 0.1) is 12.6 Å². The van der Waals surface area contributed by atoms with E-state index in [1.807, 2.05) is 13.8 Å². The van der Waals surface area contributed by atoms with E-state index >= 15 is 0 Å². The second-order valence-corrected chi connectivity index (χ2v) is 5.43. The van der Waals surface area contributed by atoms with E-state index in [2.05, 4.69) is 23.3 Å². The Morgan fingerprint density at radius 3 is 2.05 bits per heavy atom. The summed E-state index contributed by atoms with van der Waals surface area (Å²) in [5.41, 5.74) is 5.52. The standard InChI is InChI=1S/C12H23N3O5S/c1-6(2)3-8(14-10(17)7(13)5-21)11(18)15-9(4-16)12(19)20/h6-9,16,21H,3-5,13H2,1-2H3,(H,14,17)(H,15,18)(H,19,20)/t7-,8-,9-/m0/s1. The van der Waals surface area contributed by atoms with E-state index < -0.39 is 42.5 Å². The lowest BCUT2D eigenvalue weighted by molar-refractivity contribution is -0.143. The van der Waals surface area contributed by atoms with Gasteiger partial charge in [0, 0.05) is 5.75 Å². The second kappa shape index (κ2) is 9.59. The van der Waals surface area contributed by atoms with Gasteiger partial charge in [0.1, 0.15) is 12.1 Å². The quantitative estimate of drug-likeness (QED) is 0.281. The van der Waals surface area contributed by atoms with Crippen LogP contribution in [0.25, 0.3) is 0 Å². The van der Waals surface area contributed by atoms with Crippen LogP contribution in [0.4, 0.5) is 0 Å². The Morgan fingerprint density at radius 1 is 1.14 bits per heavy atom. The van der Waals surface area contributed by atoms with Crippen molar-refractivity contribution in [3.63, 3.8) is 0 Å². The molecule has 0 unspecified atom stereocenters. The maximum atomic E-state index is 12.0. The molecule has 2 amide bonds.